The number of nitrogens with zero attached hydrogens (tertiary/aromatic N) is 1. The number of hydrogen-bond donors (Lipinski definition) is 3. The second kappa shape index (κ2) is 5.87. The van der Waals surface area contributed by atoms with E-state index in [-0.39, 0.29) is 16.9 Å². The number of thiazole rings is 1. The van der Waals surface area contributed by atoms with Crippen molar-refractivity contribution < 1.29 is 9.18 Å². The number of rotatable bonds is 5. The number of carbonyl (C=O) groups is 1. The number of amides is 1. The van der Waals surface area contributed by atoms with Gasteiger partial charge in [0.25, 0.3) is 5.91 Å². The molecular formula is C13H15FN4OS. The van der Waals surface area contributed by atoms with E-state index in [2.05, 4.69) is 10.3 Å². The topological polar surface area (TPSA) is 94.0 Å². The largest absolute Gasteiger partial charge is 0.398 e. The first-order valence-electron chi connectivity index (χ1n) is 6.01. The van der Waals surface area contributed by atoms with Gasteiger partial charge in [-0.05, 0) is 19.1 Å². The van der Waals surface area contributed by atoms with Gasteiger partial charge in [-0.15, -0.1) is 11.3 Å². The van der Waals surface area contributed by atoms with Gasteiger partial charge >= 0.3 is 0 Å². The molecule has 1 aromatic heterocycles. The average molecular weight is 294 g/mol. The highest BCUT2D eigenvalue weighted by molar-refractivity contribution is 7.09. The molecule has 5 N–H and O–H groups in total. The molecule has 1 heterocycles. The Kier molecular flexibility index (Phi) is 4.19. The summed E-state index contributed by atoms with van der Waals surface area (Å²) < 4.78 is 13.7. The predicted molar refractivity (Wildman–Crippen MR) is 78.4 cm³/mol. The molecule has 0 aliphatic rings. The third-order valence-corrected chi connectivity index (χ3v) is 3.59. The molecule has 0 fully saturated rings. The molecule has 0 saturated heterocycles. The van der Waals surface area contributed by atoms with Crippen LogP contribution in [0.15, 0.2) is 17.5 Å². The standard InChI is InChI=1S/C13H15FN4OS/c1-7-18-8(6-20-7)2-3-17-12-4-9(13(16)19)11(15)5-10(12)14/h4-6,17H,2-3,15H2,1H3,(H2,16,19). The monoisotopic (exact) mass is 294 g/mol. The van der Waals surface area contributed by atoms with Gasteiger partial charge in [0.15, 0.2) is 0 Å². The van der Waals surface area contributed by atoms with Crippen LogP contribution in [0.1, 0.15) is 21.1 Å². The zero-order chi connectivity index (χ0) is 14.7. The SMILES string of the molecule is Cc1nc(CCNc2cc(C(N)=O)c(N)cc2F)cs1. The summed E-state index contributed by atoms with van der Waals surface area (Å²) in [7, 11) is 0. The van der Waals surface area contributed by atoms with Crippen molar-refractivity contribution in [2.45, 2.75) is 13.3 Å². The molecule has 7 heteroatoms. The van der Waals surface area contributed by atoms with Gasteiger partial charge in [0, 0.05) is 24.0 Å². The average Bonchev–Trinajstić information content (AvgIpc) is 2.77. The van der Waals surface area contributed by atoms with Crippen molar-refractivity contribution in [3.05, 3.63) is 39.6 Å². The van der Waals surface area contributed by atoms with Crippen molar-refractivity contribution >= 4 is 28.6 Å². The van der Waals surface area contributed by atoms with Gasteiger partial charge in [0.05, 0.1) is 22.0 Å². The Labute approximate surface area is 119 Å². The van der Waals surface area contributed by atoms with Crippen LogP contribution >= 0.6 is 11.3 Å². The summed E-state index contributed by atoms with van der Waals surface area (Å²) in [5, 5.41) is 5.88. The number of halogens is 1. The van der Waals surface area contributed by atoms with E-state index in [1.807, 2.05) is 12.3 Å². The molecule has 5 nitrogen and oxygen atoms in total. The van der Waals surface area contributed by atoms with Crippen LogP contribution in [0.5, 0.6) is 0 Å². The Morgan fingerprint density at radius 1 is 1.50 bits per heavy atom. The zero-order valence-electron chi connectivity index (χ0n) is 10.9. The van der Waals surface area contributed by atoms with Crippen LogP contribution in [0, 0.1) is 12.7 Å². The lowest BCUT2D eigenvalue weighted by Crippen LogP contribution is -2.15. The fourth-order valence-electron chi connectivity index (χ4n) is 1.79. The van der Waals surface area contributed by atoms with Crippen molar-refractivity contribution in [3.63, 3.8) is 0 Å². The second-order valence-corrected chi connectivity index (χ2v) is 5.38. The fourth-order valence-corrected chi connectivity index (χ4v) is 2.43. The van der Waals surface area contributed by atoms with Crippen molar-refractivity contribution in [1.82, 2.24) is 4.98 Å². The molecule has 2 aromatic rings. The van der Waals surface area contributed by atoms with Gasteiger partial charge in [0.1, 0.15) is 5.82 Å². The molecule has 1 aromatic carbocycles. The number of nitrogens with one attached hydrogen (secondary N) is 1. The summed E-state index contributed by atoms with van der Waals surface area (Å²) in [6.45, 7) is 2.43. The number of anilines is 2. The lowest BCUT2D eigenvalue weighted by atomic mass is 10.1. The molecule has 0 saturated carbocycles. The van der Waals surface area contributed by atoms with E-state index in [0.717, 1.165) is 16.8 Å². The highest BCUT2D eigenvalue weighted by Crippen LogP contribution is 2.22. The van der Waals surface area contributed by atoms with Crippen LogP contribution in [0.3, 0.4) is 0 Å². The summed E-state index contributed by atoms with van der Waals surface area (Å²) in [5.41, 5.74) is 12.0. The predicted octanol–water partition coefficient (Wildman–Crippen LogP) is 1.93. The van der Waals surface area contributed by atoms with Crippen LogP contribution in [-0.4, -0.2) is 17.4 Å². The van der Waals surface area contributed by atoms with Crippen molar-refractivity contribution in [1.29, 1.82) is 0 Å². The van der Waals surface area contributed by atoms with Gasteiger partial charge in [-0.3, -0.25) is 4.79 Å². The molecule has 0 bridgehead atoms. The highest BCUT2D eigenvalue weighted by Gasteiger charge is 2.11. The van der Waals surface area contributed by atoms with Crippen LogP contribution in [0.25, 0.3) is 0 Å². The zero-order valence-corrected chi connectivity index (χ0v) is 11.8. The molecule has 106 valence electrons. The first kappa shape index (κ1) is 14.3. The minimum Gasteiger partial charge on any atom is -0.398 e. The molecule has 2 rings (SSSR count). The first-order chi connectivity index (χ1) is 9.47. The van der Waals surface area contributed by atoms with Crippen molar-refractivity contribution in [3.8, 4) is 0 Å². The normalized spacial score (nSPS) is 10.5. The minimum absolute atomic E-state index is 0.0377. The molecule has 0 spiro atoms. The van der Waals surface area contributed by atoms with Gasteiger partial charge < -0.3 is 16.8 Å². The third kappa shape index (κ3) is 3.24. The molecule has 0 atom stereocenters. The molecule has 0 radical (unpaired) electrons. The molecule has 20 heavy (non-hydrogen) atoms. The van der Waals surface area contributed by atoms with E-state index in [1.165, 1.54) is 6.07 Å². The van der Waals surface area contributed by atoms with E-state index < -0.39 is 11.7 Å². The molecule has 0 aliphatic heterocycles. The Morgan fingerprint density at radius 2 is 2.25 bits per heavy atom. The Bertz CT molecular complexity index is 641. The number of aryl methyl sites for hydroxylation is 1. The lowest BCUT2D eigenvalue weighted by Gasteiger charge is -2.10. The summed E-state index contributed by atoms with van der Waals surface area (Å²) in [6, 6.07) is 2.43. The number of aromatic nitrogens is 1. The molecular weight excluding hydrogens is 279 g/mol. The Hall–Kier alpha value is -2.15. The molecule has 0 unspecified atom stereocenters. The second-order valence-electron chi connectivity index (χ2n) is 4.32. The molecule has 1 amide bonds. The summed E-state index contributed by atoms with van der Waals surface area (Å²) in [5.74, 6) is -1.19. The van der Waals surface area contributed by atoms with E-state index in [9.17, 15) is 9.18 Å². The number of nitrogen functional groups attached to an aromatic ring is 1. The van der Waals surface area contributed by atoms with Crippen molar-refractivity contribution in [2.24, 2.45) is 5.73 Å². The fraction of sp³-hybridized carbons (Fsp3) is 0.231. The number of nitrogens with two attached hydrogens (primary N) is 2. The van der Waals surface area contributed by atoms with E-state index in [4.69, 9.17) is 11.5 Å². The van der Waals surface area contributed by atoms with Crippen LogP contribution in [0.2, 0.25) is 0 Å². The first-order valence-corrected chi connectivity index (χ1v) is 6.89. The maximum absolute atomic E-state index is 13.7. The van der Waals surface area contributed by atoms with Gasteiger partial charge in [-0.25, -0.2) is 9.37 Å². The summed E-state index contributed by atoms with van der Waals surface area (Å²) >= 11 is 1.57. The maximum atomic E-state index is 13.7. The van der Waals surface area contributed by atoms with E-state index >= 15 is 0 Å². The number of carbonyl (C=O) groups excluding carboxylic acids is 1. The highest BCUT2D eigenvalue weighted by atomic mass is 32.1. The van der Waals surface area contributed by atoms with E-state index in [0.29, 0.717) is 13.0 Å². The quantitative estimate of drug-likeness (QED) is 0.734. The number of primary amides is 1. The Balaban J connectivity index is 2.05. The summed E-state index contributed by atoms with van der Waals surface area (Å²) in [6.07, 6.45) is 0.667. The van der Waals surface area contributed by atoms with Crippen LogP contribution in [-0.2, 0) is 6.42 Å². The Morgan fingerprint density at radius 3 is 2.85 bits per heavy atom. The van der Waals surface area contributed by atoms with Crippen LogP contribution < -0.4 is 16.8 Å². The van der Waals surface area contributed by atoms with Gasteiger partial charge in [-0.1, -0.05) is 0 Å². The number of benzene rings is 1. The smallest absolute Gasteiger partial charge is 0.250 e. The van der Waals surface area contributed by atoms with Gasteiger partial charge in [-0.2, -0.15) is 0 Å². The number of hydrogen-bond acceptors (Lipinski definition) is 5. The van der Waals surface area contributed by atoms with E-state index in [1.54, 1.807) is 11.3 Å². The van der Waals surface area contributed by atoms with Gasteiger partial charge in [0.2, 0.25) is 0 Å². The van der Waals surface area contributed by atoms with Crippen molar-refractivity contribution in [2.75, 3.05) is 17.6 Å². The summed E-state index contributed by atoms with van der Waals surface area (Å²) in [4.78, 5) is 15.5. The third-order valence-electron chi connectivity index (χ3n) is 2.77. The lowest BCUT2D eigenvalue weighted by molar-refractivity contribution is 0.100. The maximum Gasteiger partial charge on any atom is 0.250 e. The minimum atomic E-state index is -0.680. The van der Waals surface area contributed by atoms with Crippen LogP contribution in [0.4, 0.5) is 15.8 Å². The molecule has 0 aliphatic carbocycles.